The van der Waals surface area contributed by atoms with Crippen molar-refractivity contribution in [2.75, 3.05) is 45.9 Å². The van der Waals surface area contributed by atoms with Gasteiger partial charge in [-0.05, 0) is 136 Å². The SMILES string of the molecule is C[C@H](NC(=O)CCCC(=O)NCCCC[C@H](N)C(=O)N[C@@H](C)C(=O)N[C@H](CC(=O)O)C(=O)N[C@@H](CC(N)=O)C(=O)NCCCN(C(=O)CO)[C@@H](c1cc(-c2cc(F)ccc2F)cn1Cc1ccccc1)C(C)(C)C)C(=O)N[C@H](C)C(=O)N[C@@H](CC(N)=O)C(=O)N[C@@H](CCN(C(=O)CO)[C@@H](c1cc(-c2cc(F)ccc2F)cn1Cc1ccccc1)C(C)(C)C)C(=O)NCCC(=O)N[C@H](CCC(=O)O)C(=O)O. The molecule has 6 aromatic rings. The lowest BCUT2D eigenvalue weighted by molar-refractivity contribution is -0.143. The molecule has 11 atom stereocenters. The maximum Gasteiger partial charge on any atom is 0.326 e. The van der Waals surface area contributed by atoms with E-state index in [1.165, 1.54) is 36.6 Å². The van der Waals surface area contributed by atoms with E-state index in [9.17, 15) is 116 Å². The fourth-order valence-corrected chi connectivity index (χ4v) is 15.4. The Bertz CT molecular complexity index is 5380. The second-order valence-corrected chi connectivity index (χ2v) is 35.9. The predicted molar refractivity (Wildman–Crippen MR) is 498 cm³/mol. The van der Waals surface area contributed by atoms with E-state index < -0.39 is 278 Å². The number of primary amides is 2. The molecule has 0 spiro atoms. The molecule has 15 amide bonds. The summed E-state index contributed by atoms with van der Waals surface area (Å²) in [4.78, 5) is 240. The fraction of sp³-hybridized carbons (Fsp3) is 0.474. The first-order chi connectivity index (χ1) is 65.9. The van der Waals surface area contributed by atoms with Crippen molar-refractivity contribution in [2.45, 2.75) is 232 Å². The summed E-state index contributed by atoms with van der Waals surface area (Å²) in [5, 5.41) is 75.6. The molecule has 0 fully saturated rings. The number of halogens is 4. The minimum absolute atomic E-state index is 0.0101. The average molecular weight is 1960 g/mol. The number of hydrogen-bond acceptors (Lipinski definition) is 21. The van der Waals surface area contributed by atoms with Crippen molar-refractivity contribution in [3.05, 3.63) is 167 Å². The van der Waals surface area contributed by atoms with Gasteiger partial charge in [-0.15, -0.1) is 0 Å². The molecule has 762 valence electrons. The molecule has 140 heavy (non-hydrogen) atoms. The summed E-state index contributed by atoms with van der Waals surface area (Å²) in [6.07, 6.45) is -1.88. The Labute approximate surface area is 805 Å². The number of hydrogen-bond donors (Lipinski definition) is 19. The number of nitrogens with one attached hydrogen (secondary N) is 11. The van der Waals surface area contributed by atoms with E-state index >= 15 is 8.78 Å². The van der Waals surface area contributed by atoms with Gasteiger partial charge in [0.2, 0.25) is 88.6 Å². The van der Waals surface area contributed by atoms with Crippen LogP contribution in [-0.4, -0.2) is 251 Å². The van der Waals surface area contributed by atoms with Crippen molar-refractivity contribution in [3.63, 3.8) is 0 Å². The first-order valence-corrected chi connectivity index (χ1v) is 45.3. The van der Waals surface area contributed by atoms with Crippen LogP contribution >= 0.6 is 0 Å². The molecular weight excluding hydrogens is 1840 g/mol. The van der Waals surface area contributed by atoms with E-state index in [-0.39, 0.29) is 94.4 Å². The number of carboxylic acid groups (broad SMARTS) is 3. The van der Waals surface area contributed by atoms with Gasteiger partial charge in [0.15, 0.2) is 0 Å². The molecule has 45 heteroatoms. The van der Waals surface area contributed by atoms with Crippen molar-refractivity contribution < 1.29 is 129 Å². The van der Waals surface area contributed by atoms with E-state index in [0.717, 1.165) is 47.5 Å². The number of carbonyl (C=O) groups excluding carboxylic acids is 15. The topological polar surface area (TPSA) is 635 Å². The molecule has 2 heterocycles. The highest BCUT2D eigenvalue weighted by Gasteiger charge is 2.42. The van der Waals surface area contributed by atoms with Crippen molar-refractivity contribution in [3.8, 4) is 22.3 Å². The fourth-order valence-electron chi connectivity index (χ4n) is 15.4. The minimum atomic E-state index is -1.91. The number of carbonyl (C=O) groups is 18. The van der Waals surface area contributed by atoms with Gasteiger partial charge in [-0.2, -0.15) is 0 Å². The van der Waals surface area contributed by atoms with Crippen LogP contribution in [0.15, 0.2) is 122 Å². The number of aromatic nitrogens is 2. The molecule has 0 radical (unpaired) electrons. The quantitative estimate of drug-likeness (QED) is 0.0192. The number of carboxylic acids is 3. The van der Waals surface area contributed by atoms with Crippen LogP contribution in [-0.2, 0) is 99.4 Å². The van der Waals surface area contributed by atoms with Gasteiger partial charge < -0.3 is 120 Å². The van der Waals surface area contributed by atoms with Crippen LogP contribution in [0.2, 0.25) is 0 Å². The van der Waals surface area contributed by atoms with Crippen LogP contribution in [0.3, 0.4) is 0 Å². The number of aliphatic hydroxyl groups is 2. The summed E-state index contributed by atoms with van der Waals surface area (Å²) < 4.78 is 63.7. The van der Waals surface area contributed by atoms with Crippen LogP contribution in [0.5, 0.6) is 0 Å². The van der Waals surface area contributed by atoms with Gasteiger partial charge >= 0.3 is 17.9 Å². The molecule has 0 bridgehead atoms. The molecule has 0 saturated heterocycles. The highest BCUT2D eigenvalue weighted by Crippen LogP contribution is 2.44. The molecule has 4 aromatic carbocycles. The lowest BCUT2D eigenvalue weighted by Gasteiger charge is -2.41. The van der Waals surface area contributed by atoms with Gasteiger partial charge in [0, 0.05) is 118 Å². The highest BCUT2D eigenvalue weighted by atomic mass is 19.1. The number of aliphatic carboxylic acids is 3. The Kier molecular flexibility index (Phi) is 44.5. The van der Waals surface area contributed by atoms with Gasteiger partial charge in [-0.25, -0.2) is 22.4 Å². The van der Waals surface area contributed by atoms with E-state index in [2.05, 4.69) is 58.5 Å². The lowest BCUT2D eigenvalue weighted by Crippen LogP contribution is -2.58. The zero-order chi connectivity index (χ0) is 104. The van der Waals surface area contributed by atoms with Crippen molar-refractivity contribution >= 4 is 107 Å². The van der Waals surface area contributed by atoms with Crippen molar-refractivity contribution in [1.29, 1.82) is 0 Å². The summed E-state index contributed by atoms with van der Waals surface area (Å²) in [6, 6.07) is 10.6. The number of benzene rings is 4. The average Bonchev–Trinajstić information content (AvgIpc) is 1.61. The van der Waals surface area contributed by atoms with E-state index in [1.807, 2.05) is 51.1 Å². The van der Waals surface area contributed by atoms with E-state index in [0.29, 0.717) is 17.0 Å². The van der Waals surface area contributed by atoms with E-state index in [1.54, 1.807) is 78.7 Å². The Hall–Kier alpha value is -14.5. The zero-order valence-corrected chi connectivity index (χ0v) is 79.3. The normalized spacial score (nSPS) is 13.7. The molecule has 41 nitrogen and oxygen atoms in total. The summed E-state index contributed by atoms with van der Waals surface area (Å²) in [6.45, 7) is 11.3. The standard InChI is InChI=1S/C95H126F4N18O23/c1-53(85(131)107-54(2)86(132)111-70(45-75(102)121)91(137)110-67(89(135)105-37-33-78(124)109-68(93(139)140)31-32-81(127)128)34-39-117(80(126)52-119)84(95(7,8)9)73-41-59(63-43-61(97)28-30-65(63)99)50-115(73)48-57-22-14-11-15-23-57)106-77(123)26-18-25-76(122)103-35-17-16-24-66(100)88(134)108-55(3)87(133)112-71(46-82(129)130)92(138)113-69(44-74(101)120)90(136)104-36-19-38-116(79(125)51-118)83(94(4,5)6)72-40-58(62-42-60(96)27-29-64(62)98)49-114(72)47-56-20-12-10-13-21-56/h10-15,20-23,27-30,40-43,49-50,53-55,66-71,83-84,118-119H,16-19,24-26,31-39,44-48,51-52,100H2,1-9H3,(H2,101,120)(H2,102,121)(H,103,122)(H,104,136)(H,105,135)(H,106,123)(H,107,131)(H,108,134)(H,109,124)(H,110,137)(H,111,132)(H,112,133)(H,113,138)(H,127,128)(H,129,130)(H,139,140)/t53-,54+,55-,66-,67-,68+,69-,70-,71+,83-,84-/m0/s1. The number of rotatable bonds is 57. The van der Waals surface area contributed by atoms with Crippen LogP contribution in [0, 0.1) is 34.1 Å². The van der Waals surface area contributed by atoms with Crippen LogP contribution < -0.4 is 75.7 Å². The van der Waals surface area contributed by atoms with Gasteiger partial charge in [-0.1, -0.05) is 102 Å². The van der Waals surface area contributed by atoms with Crippen LogP contribution in [0.25, 0.3) is 22.3 Å². The number of nitrogens with two attached hydrogens (primary N) is 3. The molecule has 0 aliphatic carbocycles. The van der Waals surface area contributed by atoms with Crippen molar-refractivity contribution in [2.24, 2.45) is 28.0 Å². The molecule has 0 aliphatic rings. The Morgan fingerprint density at radius 2 is 0.807 bits per heavy atom. The van der Waals surface area contributed by atoms with Gasteiger partial charge in [0.05, 0.1) is 37.4 Å². The molecule has 0 saturated carbocycles. The maximum atomic E-state index is 15.6. The van der Waals surface area contributed by atoms with Gasteiger partial charge in [0.25, 0.3) is 0 Å². The zero-order valence-electron chi connectivity index (χ0n) is 79.3. The van der Waals surface area contributed by atoms with Gasteiger partial charge in [0.1, 0.15) is 84.8 Å². The summed E-state index contributed by atoms with van der Waals surface area (Å²) in [5.74, 6) is -22.0. The Balaban J connectivity index is 0.984. The molecule has 2 aromatic heterocycles. The first-order valence-electron chi connectivity index (χ1n) is 45.3. The third-order valence-corrected chi connectivity index (χ3v) is 22.3. The third kappa shape index (κ3) is 36.8. The lowest BCUT2D eigenvalue weighted by atomic mass is 9.82. The first kappa shape index (κ1) is 114. The predicted octanol–water partition coefficient (Wildman–Crippen LogP) is 2.09. The number of amides is 15. The largest absolute Gasteiger partial charge is 0.481 e. The van der Waals surface area contributed by atoms with E-state index in [4.69, 9.17) is 22.3 Å². The monoisotopic (exact) mass is 1960 g/mol. The second-order valence-electron chi connectivity index (χ2n) is 35.9. The third-order valence-electron chi connectivity index (χ3n) is 22.3. The maximum absolute atomic E-state index is 15.6. The van der Waals surface area contributed by atoms with Gasteiger partial charge in [-0.3, -0.25) is 81.5 Å². The van der Waals surface area contributed by atoms with Crippen molar-refractivity contribution in [1.82, 2.24) is 77.4 Å². The highest BCUT2D eigenvalue weighted by molar-refractivity contribution is 5.99. The Morgan fingerprint density at radius 1 is 0.393 bits per heavy atom. The Morgan fingerprint density at radius 3 is 1.27 bits per heavy atom. The number of nitrogens with zero attached hydrogens (tertiary/aromatic N) is 4. The molecule has 6 rings (SSSR count). The summed E-state index contributed by atoms with van der Waals surface area (Å²) in [7, 11) is 0. The second kappa shape index (κ2) is 54.6. The smallest absolute Gasteiger partial charge is 0.326 e. The summed E-state index contributed by atoms with van der Waals surface area (Å²) >= 11 is 0. The molecule has 22 N–H and O–H groups in total. The van der Waals surface area contributed by atoms with Crippen LogP contribution in [0.1, 0.15) is 187 Å². The number of unbranched alkanes of at least 4 members (excludes halogenated alkanes) is 1. The van der Waals surface area contributed by atoms with Crippen LogP contribution in [0.4, 0.5) is 17.6 Å². The summed E-state index contributed by atoms with van der Waals surface area (Å²) in [5.41, 5.74) is 18.0. The molecule has 0 unspecified atom stereocenters. The molecular formula is C95H126F4N18O23. The minimum Gasteiger partial charge on any atom is -0.481 e. The number of aliphatic hydroxyl groups excluding tert-OH is 2. The molecule has 0 aliphatic heterocycles.